The van der Waals surface area contributed by atoms with Gasteiger partial charge >= 0.3 is 0 Å². The first-order valence-electron chi connectivity index (χ1n) is 17.1. The molecule has 3 fully saturated rings. The minimum atomic E-state index is -0.319. The first-order valence-corrected chi connectivity index (χ1v) is 19.7. The fraction of sp³-hybridized carbons (Fsp3) is 0.556. The molecule has 0 bridgehead atoms. The van der Waals surface area contributed by atoms with Crippen molar-refractivity contribution in [3.63, 3.8) is 0 Å². The van der Waals surface area contributed by atoms with Gasteiger partial charge in [-0.1, -0.05) is 45.4 Å². The van der Waals surface area contributed by atoms with E-state index in [4.69, 9.17) is 21.3 Å². The van der Waals surface area contributed by atoms with Crippen molar-refractivity contribution in [3.8, 4) is 5.75 Å². The van der Waals surface area contributed by atoms with E-state index in [-0.39, 0.29) is 7.92 Å². The summed E-state index contributed by atoms with van der Waals surface area (Å²) in [6.45, 7) is 13.7. The molecular formula is C36H51ClN7OP. The summed E-state index contributed by atoms with van der Waals surface area (Å²) < 4.78 is 5.92. The van der Waals surface area contributed by atoms with Gasteiger partial charge in [-0.2, -0.15) is 4.98 Å². The number of piperidine rings is 1. The molecule has 3 aliphatic rings. The Morgan fingerprint density at radius 1 is 0.935 bits per heavy atom. The van der Waals surface area contributed by atoms with Crippen molar-refractivity contribution in [2.24, 2.45) is 0 Å². The first kappa shape index (κ1) is 33.3. The van der Waals surface area contributed by atoms with Gasteiger partial charge in [-0.3, -0.25) is 4.90 Å². The number of ether oxygens (including phenoxy) is 1. The summed E-state index contributed by atoms with van der Waals surface area (Å²) in [6, 6.07) is 12.0. The van der Waals surface area contributed by atoms with Crippen molar-refractivity contribution in [3.05, 3.63) is 52.7 Å². The van der Waals surface area contributed by atoms with Crippen molar-refractivity contribution in [1.29, 1.82) is 0 Å². The summed E-state index contributed by atoms with van der Waals surface area (Å²) in [7, 11) is 3.64. The second-order valence-electron chi connectivity index (χ2n) is 13.4. The highest BCUT2D eigenvalue weighted by Gasteiger charge is 2.28. The molecule has 0 atom stereocenters. The van der Waals surface area contributed by atoms with Gasteiger partial charge in [0.25, 0.3) is 0 Å². The molecule has 0 unspecified atom stereocenters. The molecule has 1 saturated carbocycles. The van der Waals surface area contributed by atoms with Gasteiger partial charge in [0.1, 0.15) is 10.8 Å². The van der Waals surface area contributed by atoms with Crippen LogP contribution in [0.3, 0.4) is 0 Å². The monoisotopic (exact) mass is 663 g/mol. The van der Waals surface area contributed by atoms with Crippen LogP contribution in [0.1, 0.15) is 62.5 Å². The molecule has 0 radical (unpaired) electrons. The third kappa shape index (κ3) is 7.57. The number of halogens is 1. The van der Waals surface area contributed by atoms with Crippen LogP contribution in [0, 0.1) is 0 Å². The summed E-state index contributed by atoms with van der Waals surface area (Å²) in [5.41, 5.74) is 5.95. The lowest BCUT2D eigenvalue weighted by Crippen LogP contribution is -2.52. The van der Waals surface area contributed by atoms with Crippen LogP contribution in [0.15, 0.2) is 36.5 Å². The molecule has 2 N–H and O–H groups in total. The molecular weight excluding hydrogens is 613 g/mol. The van der Waals surface area contributed by atoms with E-state index >= 15 is 0 Å². The molecule has 6 rings (SSSR count). The molecule has 3 heterocycles. The third-order valence-corrected chi connectivity index (χ3v) is 11.8. The molecule has 46 heavy (non-hydrogen) atoms. The van der Waals surface area contributed by atoms with Crippen molar-refractivity contribution in [2.75, 3.05) is 82.3 Å². The molecule has 0 amide bonds. The Kier molecular flexibility index (Phi) is 10.9. The van der Waals surface area contributed by atoms with E-state index in [1.54, 1.807) is 13.3 Å². The molecule has 248 valence electrons. The Morgan fingerprint density at radius 3 is 2.35 bits per heavy atom. The summed E-state index contributed by atoms with van der Waals surface area (Å²) in [4.78, 5) is 17.1. The number of piperazine rings is 1. The van der Waals surface area contributed by atoms with Crippen molar-refractivity contribution >= 4 is 53.7 Å². The predicted molar refractivity (Wildman–Crippen MR) is 196 cm³/mol. The van der Waals surface area contributed by atoms with Crippen LogP contribution in [-0.4, -0.2) is 92.6 Å². The Balaban J connectivity index is 1.18. The van der Waals surface area contributed by atoms with Gasteiger partial charge in [0.15, 0.2) is 5.82 Å². The van der Waals surface area contributed by atoms with Crippen LogP contribution in [0.2, 0.25) is 5.02 Å². The molecule has 3 aromatic rings. The molecule has 10 heteroatoms. The standard InChI is InChI=1S/C36H51ClN7OP/c1-6-25-21-31(33(45-3)23-32(25)44-15-13-28(14-16-44)43-19-17-42(2)18-20-43)40-36-38-24-29(37)35(41-36)39-30-12-11-27(22-34(30)46(4)5)26-9-7-8-10-26/h11-12,21-24,26,28H,6-10,13-20H2,1-5H3,(H2,38,39,40,41). The number of nitrogens with zero attached hydrogens (tertiary/aromatic N) is 5. The number of aromatic nitrogens is 2. The molecule has 8 nitrogen and oxygen atoms in total. The zero-order valence-electron chi connectivity index (χ0n) is 28.3. The van der Waals surface area contributed by atoms with Crippen molar-refractivity contribution in [1.82, 2.24) is 19.8 Å². The van der Waals surface area contributed by atoms with Gasteiger partial charge in [-0.05, 0) is 93.0 Å². The molecule has 2 saturated heterocycles. The third-order valence-electron chi connectivity index (χ3n) is 10.2. The summed E-state index contributed by atoms with van der Waals surface area (Å²) in [6.07, 6.45) is 10.3. The lowest BCUT2D eigenvalue weighted by Gasteiger charge is -2.43. The average molecular weight is 664 g/mol. The molecule has 1 aliphatic carbocycles. The van der Waals surface area contributed by atoms with Gasteiger partial charge in [0, 0.05) is 62.8 Å². The number of methoxy groups -OCH3 is 1. The maximum absolute atomic E-state index is 6.65. The summed E-state index contributed by atoms with van der Waals surface area (Å²) >= 11 is 6.65. The average Bonchev–Trinajstić information content (AvgIpc) is 3.62. The Labute approximate surface area is 282 Å². The number of hydrogen-bond acceptors (Lipinski definition) is 8. The van der Waals surface area contributed by atoms with Gasteiger partial charge in [-0.25, -0.2) is 4.98 Å². The van der Waals surface area contributed by atoms with Crippen molar-refractivity contribution < 1.29 is 4.74 Å². The van der Waals surface area contributed by atoms with Crippen LogP contribution >= 0.6 is 19.5 Å². The van der Waals surface area contributed by atoms with Gasteiger partial charge in [0.2, 0.25) is 5.95 Å². The van der Waals surface area contributed by atoms with E-state index in [0.717, 1.165) is 36.6 Å². The molecule has 0 spiro atoms. The fourth-order valence-electron chi connectivity index (χ4n) is 7.42. The molecule has 2 aromatic carbocycles. The van der Waals surface area contributed by atoms with Crippen LogP contribution < -0.4 is 25.6 Å². The second-order valence-corrected chi connectivity index (χ2v) is 16.1. The summed E-state index contributed by atoms with van der Waals surface area (Å²) in [5.74, 6) is 2.55. The van der Waals surface area contributed by atoms with E-state index < -0.39 is 0 Å². The van der Waals surface area contributed by atoms with E-state index in [1.165, 1.54) is 86.8 Å². The number of rotatable bonds is 10. The molecule has 1 aromatic heterocycles. The lowest BCUT2D eigenvalue weighted by molar-refractivity contribution is 0.0982. The molecule has 2 aliphatic heterocycles. The minimum absolute atomic E-state index is 0.319. The number of anilines is 5. The van der Waals surface area contributed by atoms with Crippen molar-refractivity contribution in [2.45, 2.75) is 63.8 Å². The van der Waals surface area contributed by atoms with Crippen LogP contribution in [0.25, 0.3) is 0 Å². The van der Waals surface area contributed by atoms with E-state index in [9.17, 15) is 0 Å². The highest BCUT2D eigenvalue weighted by atomic mass is 35.5. The highest BCUT2D eigenvalue weighted by molar-refractivity contribution is 7.64. The minimum Gasteiger partial charge on any atom is -0.494 e. The normalized spacial score (nSPS) is 18.8. The number of likely N-dealkylation sites (N-methyl/N-ethyl adjacent to an activating group) is 1. The van der Waals surface area contributed by atoms with E-state index in [1.807, 2.05) is 0 Å². The smallest absolute Gasteiger partial charge is 0.229 e. The van der Waals surface area contributed by atoms with E-state index in [2.05, 4.69) is 88.0 Å². The van der Waals surface area contributed by atoms with Crippen LogP contribution in [-0.2, 0) is 6.42 Å². The second kappa shape index (κ2) is 15.1. The fourth-order valence-corrected chi connectivity index (χ4v) is 8.58. The predicted octanol–water partition coefficient (Wildman–Crippen LogP) is 7.43. The number of hydrogen-bond donors (Lipinski definition) is 2. The Morgan fingerprint density at radius 2 is 1.67 bits per heavy atom. The Bertz CT molecular complexity index is 1480. The quantitative estimate of drug-likeness (QED) is 0.217. The first-order chi connectivity index (χ1) is 22.3. The summed E-state index contributed by atoms with van der Waals surface area (Å²) in [5, 5.41) is 8.83. The largest absolute Gasteiger partial charge is 0.494 e. The SMILES string of the molecule is CCc1cc(Nc2ncc(Cl)c(Nc3ccc(C4CCCC4)cc3P(C)C)n2)c(OC)cc1N1CCC(N2CCN(C)CC2)CC1. The number of benzene rings is 2. The zero-order valence-corrected chi connectivity index (χ0v) is 29.9. The lowest BCUT2D eigenvalue weighted by atomic mass is 9.97. The van der Waals surface area contributed by atoms with Crippen LogP contribution in [0.5, 0.6) is 5.75 Å². The topological polar surface area (TPSA) is 68.8 Å². The maximum atomic E-state index is 6.65. The van der Waals surface area contributed by atoms with Gasteiger partial charge in [0.05, 0.1) is 19.0 Å². The maximum Gasteiger partial charge on any atom is 0.229 e. The highest BCUT2D eigenvalue weighted by Crippen LogP contribution is 2.39. The van der Waals surface area contributed by atoms with E-state index in [0.29, 0.717) is 28.7 Å². The van der Waals surface area contributed by atoms with Gasteiger partial charge < -0.3 is 25.2 Å². The zero-order chi connectivity index (χ0) is 32.2. The van der Waals surface area contributed by atoms with Crippen LogP contribution in [0.4, 0.5) is 28.8 Å². The number of nitrogens with one attached hydrogen (secondary N) is 2. The number of aryl methyl sites for hydroxylation is 1. The Hall–Kier alpha value is -2.64. The van der Waals surface area contributed by atoms with Gasteiger partial charge in [-0.15, -0.1) is 0 Å².